The number of likely N-dealkylation sites (N-methyl/N-ethyl adjacent to an activating group) is 1. The molecule has 2 rings (SSSR count). The normalized spacial score (nSPS) is 13.2. The van der Waals surface area contributed by atoms with E-state index in [4.69, 9.17) is 4.74 Å². The minimum absolute atomic E-state index is 0.135. The summed E-state index contributed by atoms with van der Waals surface area (Å²) in [5.74, 6) is 0.206. The molecule has 0 spiro atoms. The first-order valence-electron chi connectivity index (χ1n) is 6.24. The lowest BCUT2D eigenvalue weighted by molar-refractivity contribution is 0.231. The highest BCUT2D eigenvalue weighted by molar-refractivity contribution is 5.32. The molecule has 0 heterocycles. The van der Waals surface area contributed by atoms with Gasteiger partial charge in [-0.3, -0.25) is 5.32 Å². The smallest absolute Gasteiger partial charge is 0.166 e. The molecule has 0 aliphatic carbocycles. The van der Waals surface area contributed by atoms with Gasteiger partial charge in [0.15, 0.2) is 5.54 Å². The van der Waals surface area contributed by atoms with Crippen LogP contribution in [0.2, 0.25) is 0 Å². The molecule has 0 fully saturated rings. The van der Waals surface area contributed by atoms with Gasteiger partial charge in [-0.25, -0.2) is 4.39 Å². The van der Waals surface area contributed by atoms with Crippen LogP contribution in [0.25, 0.3) is 0 Å². The van der Waals surface area contributed by atoms with Gasteiger partial charge in [0, 0.05) is 0 Å². The predicted molar refractivity (Wildman–Crippen MR) is 74.7 cm³/mol. The van der Waals surface area contributed by atoms with Gasteiger partial charge in [0.2, 0.25) is 0 Å². The van der Waals surface area contributed by atoms with Crippen LogP contribution >= 0.6 is 0 Å². The second-order valence-electron chi connectivity index (χ2n) is 4.38. The van der Waals surface area contributed by atoms with Crippen LogP contribution in [0, 0.1) is 17.1 Å². The summed E-state index contributed by atoms with van der Waals surface area (Å²) < 4.78 is 18.4. The van der Waals surface area contributed by atoms with Gasteiger partial charge in [-0.1, -0.05) is 30.3 Å². The van der Waals surface area contributed by atoms with Crippen molar-refractivity contribution in [1.29, 1.82) is 5.26 Å². The van der Waals surface area contributed by atoms with E-state index in [1.54, 1.807) is 7.05 Å². The quantitative estimate of drug-likeness (QED) is 0.908. The van der Waals surface area contributed by atoms with Crippen LogP contribution < -0.4 is 10.1 Å². The van der Waals surface area contributed by atoms with Crippen molar-refractivity contribution in [3.05, 3.63) is 66.0 Å². The molecule has 1 atom stereocenters. The lowest BCUT2D eigenvalue weighted by atomic mass is 9.92. The van der Waals surface area contributed by atoms with Gasteiger partial charge >= 0.3 is 0 Å². The Morgan fingerprint density at radius 3 is 2.35 bits per heavy atom. The third kappa shape index (κ3) is 2.95. The van der Waals surface area contributed by atoms with Gasteiger partial charge in [0.25, 0.3) is 0 Å². The fraction of sp³-hybridized carbons (Fsp3) is 0.188. The molecular weight excluding hydrogens is 255 g/mol. The van der Waals surface area contributed by atoms with Crippen molar-refractivity contribution in [1.82, 2.24) is 5.32 Å². The first-order valence-corrected chi connectivity index (χ1v) is 6.24. The van der Waals surface area contributed by atoms with Crippen molar-refractivity contribution in [3.63, 3.8) is 0 Å². The number of nitrogens with zero attached hydrogens (tertiary/aromatic N) is 1. The van der Waals surface area contributed by atoms with E-state index in [2.05, 4.69) is 11.4 Å². The highest BCUT2D eigenvalue weighted by Crippen LogP contribution is 2.22. The predicted octanol–water partition coefficient (Wildman–Crippen LogP) is 2.84. The van der Waals surface area contributed by atoms with Crippen molar-refractivity contribution in [2.45, 2.75) is 5.54 Å². The molecule has 0 amide bonds. The average molecular weight is 270 g/mol. The summed E-state index contributed by atoms with van der Waals surface area (Å²) in [5, 5.41) is 12.5. The zero-order valence-electron chi connectivity index (χ0n) is 11.1. The zero-order valence-corrected chi connectivity index (χ0v) is 11.1. The Morgan fingerprint density at radius 2 is 1.80 bits per heavy atom. The third-order valence-electron chi connectivity index (χ3n) is 3.15. The first kappa shape index (κ1) is 14.0. The van der Waals surface area contributed by atoms with E-state index in [1.165, 1.54) is 24.3 Å². The van der Waals surface area contributed by atoms with Crippen molar-refractivity contribution in [2.24, 2.45) is 0 Å². The molecule has 0 saturated heterocycles. The van der Waals surface area contributed by atoms with Crippen LogP contribution in [-0.4, -0.2) is 13.7 Å². The van der Waals surface area contributed by atoms with Gasteiger partial charge < -0.3 is 4.74 Å². The molecule has 0 aromatic heterocycles. The van der Waals surface area contributed by atoms with E-state index in [9.17, 15) is 9.65 Å². The lowest BCUT2D eigenvalue weighted by Crippen LogP contribution is -2.44. The van der Waals surface area contributed by atoms with E-state index in [-0.39, 0.29) is 12.4 Å². The molecule has 102 valence electrons. The second-order valence-corrected chi connectivity index (χ2v) is 4.38. The number of ether oxygens (including phenoxy) is 1. The lowest BCUT2D eigenvalue weighted by Gasteiger charge is -2.26. The van der Waals surface area contributed by atoms with E-state index >= 15 is 0 Å². The van der Waals surface area contributed by atoms with Crippen LogP contribution in [0.15, 0.2) is 54.6 Å². The topological polar surface area (TPSA) is 45.0 Å². The zero-order chi connectivity index (χ0) is 14.4. The Kier molecular flexibility index (Phi) is 4.34. The van der Waals surface area contributed by atoms with Crippen molar-refractivity contribution < 1.29 is 9.13 Å². The summed E-state index contributed by atoms with van der Waals surface area (Å²) in [6, 6.07) is 17.4. The van der Waals surface area contributed by atoms with Crippen molar-refractivity contribution >= 4 is 0 Å². The monoisotopic (exact) mass is 270 g/mol. The largest absolute Gasteiger partial charge is 0.490 e. The Balaban J connectivity index is 2.18. The Hall–Kier alpha value is -2.38. The van der Waals surface area contributed by atoms with E-state index in [1.807, 2.05) is 30.3 Å². The van der Waals surface area contributed by atoms with Gasteiger partial charge in [-0.15, -0.1) is 0 Å². The van der Waals surface area contributed by atoms with Crippen LogP contribution in [0.1, 0.15) is 5.56 Å². The molecule has 1 unspecified atom stereocenters. The molecule has 3 nitrogen and oxygen atoms in total. The fourth-order valence-corrected chi connectivity index (χ4v) is 1.90. The van der Waals surface area contributed by atoms with Crippen LogP contribution in [0.5, 0.6) is 5.75 Å². The highest BCUT2D eigenvalue weighted by atomic mass is 19.1. The number of halogens is 1. The number of benzene rings is 2. The standard InChI is InChI=1S/C16H15FN2O/c1-19-16(11-18,13-5-3-2-4-6-13)12-20-15-9-7-14(17)8-10-15/h2-10,19H,12H2,1H3. The Bertz CT molecular complexity index is 592. The van der Waals surface area contributed by atoms with Gasteiger partial charge in [0.05, 0.1) is 6.07 Å². The minimum atomic E-state index is -0.935. The Morgan fingerprint density at radius 1 is 1.15 bits per heavy atom. The first-order chi connectivity index (χ1) is 9.70. The van der Waals surface area contributed by atoms with Crippen molar-refractivity contribution in [3.8, 4) is 11.8 Å². The number of hydrogen-bond donors (Lipinski definition) is 1. The summed E-state index contributed by atoms with van der Waals surface area (Å²) in [6.07, 6.45) is 0. The van der Waals surface area contributed by atoms with E-state index in [0.29, 0.717) is 5.75 Å². The molecule has 2 aromatic rings. The summed E-state index contributed by atoms with van der Waals surface area (Å²) in [7, 11) is 1.71. The molecule has 0 aliphatic rings. The van der Waals surface area contributed by atoms with Gasteiger partial charge in [0.1, 0.15) is 18.2 Å². The maximum atomic E-state index is 12.8. The maximum absolute atomic E-state index is 12.8. The molecule has 2 aromatic carbocycles. The van der Waals surface area contributed by atoms with Gasteiger partial charge in [-0.05, 0) is 36.9 Å². The highest BCUT2D eigenvalue weighted by Gasteiger charge is 2.31. The molecule has 20 heavy (non-hydrogen) atoms. The van der Waals surface area contributed by atoms with Crippen LogP contribution in [-0.2, 0) is 5.54 Å². The number of hydrogen-bond acceptors (Lipinski definition) is 3. The van der Waals surface area contributed by atoms with E-state index in [0.717, 1.165) is 5.56 Å². The fourth-order valence-electron chi connectivity index (χ4n) is 1.90. The summed E-state index contributed by atoms with van der Waals surface area (Å²) in [6.45, 7) is 0.135. The summed E-state index contributed by atoms with van der Waals surface area (Å²) >= 11 is 0. The van der Waals surface area contributed by atoms with Gasteiger partial charge in [-0.2, -0.15) is 5.26 Å². The third-order valence-corrected chi connectivity index (χ3v) is 3.15. The maximum Gasteiger partial charge on any atom is 0.166 e. The van der Waals surface area contributed by atoms with Crippen LogP contribution in [0.4, 0.5) is 4.39 Å². The van der Waals surface area contributed by atoms with E-state index < -0.39 is 5.54 Å². The molecular formula is C16H15FN2O. The molecule has 1 N–H and O–H groups in total. The summed E-state index contributed by atoms with van der Waals surface area (Å²) in [5.41, 5.74) is -0.109. The average Bonchev–Trinajstić information content (AvgIpc) is 2.51. The molecule has 0 saturated carbocycles. The minimum Gasteiger partial charge on any atom is -0.490 e. The molecule has 0 radical (unpaired) electrons. The Labute approximate surface area is 117 Å². The summed E-state index contributed by atoms with van der Waals surface area (Å²) in [4.78, 5) is 0. The molecule has 4 heteroatoms. The van der Waals surface area contributed by atoms with Crippen molar-refractivity contribution in [2.75, 3.05) is 13.7 Å². The molecule has 0 bridgehead atoms. The number of nitrogens with one attached hydrogen (secondary N) is 1. The van der Waals surface area contributed by atoms with Crippen LogP contribution in [0.3, 0.4) is 0 Å². The SMILES string of the molecule is CNC(C#N)(COc1ccc(F)cc1)c1ccccc1. The number of nitriles is 1. The molecule has 0 aliphatic heterocycles. The second kappa shape index (κ2) is 6.18. The number of rotatable bonds is 5.